The van der Waals surface area contributed by atoms with E-state index in [0.29, 0.717) is 26.4 Å². The second kappa shape index (κ2) is 10.4. The van der Waals surface area contributed by atoms with E-state index in [4.69, 9.17) is 9.47 Å². The summed E-state index contributed by atoms with van der Waals surface area (Å²) < 4.78 is 12.1. The average Bonchev–Trinajstić information content (AvgIpc) is 2.51. The van der Waals surface area contributed by atoms with Gasteiger partial charge in [-0.2, -0.15) is 0 Å². The zero-order chi connectivity index (χ0) is 15.1. The number of benzene rings is 1. The fourth-order valence-corrected chi connectivity index (χ4v) is 2.61. The maximum absolute atomic E-state index is 5.62. The van der Waals surface area contributed by atoms with Gasteiger partial charge in [-0.15, -0.1) is 24.0 Å². The van der Waals surface area contributed by atoms with Gasteiger partial charge in [0.2, 0.25) is 0 Å². The Bertz CT molecular complexity index is 482. The molecule has 1 unspecified atom stereocenters. The Hall–Kier alpha value is -0.380. The predicted molar refractivity (Wildman–Crippen MR) is 103 cm³/mol. The Morgan fingerprint density at radius 3 is 2.82 bits per heavy atom. The van der Waals surface area contributed by atoms with E-state index in [1.807, 2.05) is 25.2 Å². The number of aliphatic imine (C=N–C) groups is 1. The van der Waals surface area contributed by atoms with Gasteiger partial charge < -0.3 is 19.7 Å². The molecule has 22 heavy (non-hydrogen) atoms. The molecule has 1 fully saturated rings. The summed E-state index contributed by atoms with van der Waals surface area (Å²) in [6.45, 7) is 3.47. The fourth-order valence-electron chi connectivity index (χ4n) is 2.20. The first-order chi connectivity index (χ1) is 10.2. The van der Waals surface area contributed by atoms with Gasteiger partial charge in [-0.25, -0.2) is 0 Å². The molecule has 1 aromatic rings. The van der Waals surface area contributed by atoms with Crippen molar-refractivity contribution >= 4 is 45.9 Å². The van der Waals surface area contributed by atoms with Crippen molar-refractivity contribution in [2.24, 2.45) is 4.99 Å². The van der Waals surface area contributed by atoms with E-state index >= 15 is 0 Å². The molecule has 5 nitrogen and oxygen atoms in total. The maximum Gasteiger partial charge on any atom is 0.193 e. The van der Waals surface area contributed by atoms with Crippen LogP contribution in [-0.2, 0) is 16.0 Å². The van der Waals surface area contributed by atoms with Gasteiger partial charge in [0.15, 0.2) is 5.96 Å². The van der Waals surface area contributed by atoms with Crippen molar-refractivity contribution in [3.63, 3.8) is 0 Å². The molecule has 1 aliphatic rings. The molecule has 0 spiro atoms. The normalized spacial score (nSPS) is 18.5. The van der Waals surface area contributed by atoms with Gasteiger partial charge in [0.25, 0.3) is 0 Å². The lowest BCUT2D eigenvalue weighted by Crippen LogP contribution is -2.45. The number of halogens is 2. The highest BCUT2D eigenvalue weighted by molar-refractivity contribution is 14.0. The molecule has 0 radical (unpaired) electrons. The van der Waals surface area contributed by atoms with Crippen molar-refractivity contribution in [1.82, 2.24) is 10.2 Å². The lowest BCUT2D eigenvalue weighted by atomic mass is 10.2. The fraction of sp³-hybridized carbons (Fsp3) is 0.533. The minimum Gasteiger partial charge on any atom is -0.376 e. The first-order valence-corrected chi connectivity index (χ1v) is 7.84. The Morgan fingerprint density at radius 2 is 2.18 bits per heavy atom. The molecule has 124 valence electrons. The molecule has 1 aliphatic heterocycles. The van der Waals surface area contributed by atoms with Crippen molar-refractivity contribution in [1.29, 1.82) is 0 Å². The van der Waals surface area contributed by atoms with E-state index < -0.39 is 0 Å². The summed E-state index contributed by atoms with van der Waals surface area (Å²) in [4.78, 5) is 6.41. The van der Waals surface area contributed by atoms with Crippen LogP contribution in [0, 0.1) is 0 Å². The van der Waals surface area contributed by atoms with Crippen molar-refractivity contribution in [3.05, 3.63) is 34.3 Å². The largest absolute Gasteiger partial charge is 0.376 e. The molecule has 0 aromatic heterocycles. The number of hydrogen-bond acceptors (Lipinski definition) is 3. The Kier molecular flexibility index (Phi) is 9.30. The SMILES string of the molecule is CN=C(NCC1COCCO1)N(C)Cc1ccccc1Br.I. The van der Waals surface area contributed by atoms with Crippen LogP contribution < -0.4 is 5.32 Å². The lowest BCUT2D eigenvalue weighted by molar-refractivity contribution is -0.0851. The van der Waals surface area contributed by atoms with Crippen molar-refractivity contribution in [3.8, 4) is 0 Å². The summed E-state index contributed by atoms with van der Waals surface area (Å²) in [7, 11) is 3.81. The minimum absolute atomic E-state index is 0. The smallest absolute Gasteiger partial charge is 0.193 e. The van der Waals surface area contributed by atoms with Crippen LogP contribution in [-0.4, -0.2) is 57.4 Å². The van der Waals surface area contributed by atoms with Crippen molar-refractivity contribution in [2.75, 3.05) is 40.5 Å². The van der Waals surface area contributed by atoms with Gasteiger partial charge in [-0.05, 0) is 11.6 Å². The van der Waals surface area contributed by atoms with Gasteiger partial charge in [-0.1, -0.05) is 34.1 Å². The minimum atomic E-state index is 0. The van der Waals surface area contributed by atoms with Crippen LogP contribution in [0.4, 0.5) is 0 Å². The van der Waals surface area contributed by atoms with E-state index in [1.54, 1.807) is 7.05 Å². The zero-order valence-corrected chi connectivity index (χ0v) is 16.8. The second-order valence-electron chi connectivity index (χ2n) is 4.94. The standard InChI is InChI=1S/C15H22BrN3O2.HI/c1-17-15(18-9-13-11-20-7-8-21-13)19(2)10-12-5-3-4-6-14(12)16;/h3-6,13H,7-11H2,1-2H3,(H,17,18);1H. The van der Waals surface area contributed by atoms with Crippen LogP contribution in [0.15, 0.2) is 33.7 Å². The number of nitrogens with one attached hydrogen (secondary N) is 1. The average molecular weight is 484 g/mol. The second-order valence-corrected chi connectivity index (χ2v) is 5.80. The highest BCUT2D eigenvalue weighted by atomic mass is 127. The zero-order valence-electron chi connectivity index (χ0n) is 12.9. The van der Waals surface area contributed by atoms with Gasteiger partial charge in [0, 0.05) is 31.7 Å². The van der Waals surface area contributed by atoms with E-state index in [0.717, 1.165) is 17.0 Å². The van der Waals surface area contributed by atoms with Gasteiger partial charge in [0.05, 0.1) is 25.9 Å². The first kappa shape index (κ1) is 19.7. The lowest BCUT2D eigenvalue weighted by Gasteiger charge is -2.27. The third-order valence-corrected chi connectivity index (χ3v) is 4.09. The first-order valence-electron chi connectivity index (χ1n) is 7.05. The van der Waals surface area contributed by atoms with Gasteiger partial charge >= 0.3 is 0 Å². The monoisotopic (exact) mass is 483 g/mol. The Morgan fingerprint density at radius 1 is 1.41 bits per heavy atom. The molecule has 1 saturated heterocycles. The van der Waals surface area contributed by atoms with E-state index in [-0.39, 0.29) is 30.1 Å². The molecule has 1 heterocycles. The predicted octanol–water partition coefficient (Wildman–Crippen LogP) is 2.49. The van der Waals surface area contributed by atoms with Crippen LogP contribution >= 0.6 is 39.9 Å². The van der Waals surface area contributed by atoms with Gasteiger partial charge in [-0.3, -0.25) is 4.99 Å². The molecule has 2 rings (SSSR count). The summed E-state index contributed by atoms with van der Waals surface area (Å²) in [5.74, 6) is 0.847. The molecule has 0 saturated carbocycles. The van der Waals surface area contributed by atoms with Crippen molar-refractivity contribution in [2.45, 2.75) is 12.6 Å². The topological polar surface area (TPSA) is 46.1 Å². The summed E-state index contributed by atoms with van der Waals surface area (Å²) in [5.41, 5.74) is 1.22. The van der Waals surface area contributed by atoms with E-state index in [1.165, 1.54) is 5.56 Å². The van der Waals surface area contributed by atoms with Crippen LogP contribution in [0.5, 0.6) is 0 Å². The summed E-state index contributed by atoms with van der Waals surface area (Å²) >= 11 is 3.57. The number of ether oxygens (including phenoxy) is 2. The number of nitrogens with zero attached hydrogens (tertiary/aromatic N) is 2. The summed E-state index contributed by atoms with van der Waals surface area (Å²) in [6.07, 6.45) is 0.0901. The molecule has 1 aromatic carbocycles. The number of hydrogen-bond donors (Lipinski definition) is 1. The molecule has 0 bridgehead atoms. The van der Waals surface area contributed by atoms with Crippen LogP contribution in [0.1, 0.15) is 5.56 Å². The highest BCUT2D eigenvalue weighted by Crippen LogP contribution is 2.17. The van der Waals surface area contributed by atoms with Crippen LogP contribution in [0.3, 0.4) is 0 Å². The Balaban J connectivity index is 0.00000242. The molecular weight excluding hydrogens is 461 g/mol. The highest BCUT2D eigenvalue weighted by Gasteiger charge is 2.16. The molecular formula is C15H23BrIN3O2. The molecule has 1 atom stereocenters. The Labute approximate surface area is 157 Å². The van der Waals surface area contributed by atoms with Crippen molar-refractivity contribution < 1.29 is 9.47 Å². The van der Waals surface area contributed by atoms with E-state index in [9.17, 15) is 0 Å². The third kappa shape index (κ3) is 6.02. The van der Waals surface area contributed by atoms with Gasteiger partial charge in [0.1, 0.15) is 0 Å². The quantitative estimate of drug-likeness (QED) is 0.406. The molecule has 0 aliphatic carbocycles. The molecule has 0 amide bonds. The third-order valence-electron chi connectivity index (χ3n) is 3.31. The maximum atomic E-state index is 5.62. The molecule has 1 N–H and O–H groups in total. The van der Waals surface area contributed by atoms with Crippen LogP contribution in [0.2, 0.25) is 0 Å². The summed E-state index contributed by atoms with van der Waals surface area (Å²) in [5, 5.41) is 3.33. The van der Waals surface area contributed by atoms with Crippen LogP contribution in [0.25, 0.3) is 0 Å². The number of guanidine groups is 1. The summed E-state index contributed by atoms with van der Waals surface area (Å²) in [6, 6.07) is 8.21. The molecule has 7 heteroatoms. The van der Waals surface area contributed by atoms with E-state index in [2.05, 4.69) is 37.2 Å². The number of rotatable bonds is 4.